The SMILES string of the molecule is C[N+]1(N=[P+]([O-])NN2CCCCC2)CCCCC1. The van der Waals surface area contributed by atoms with E-state index in [1.54, 1.807) is 0 Å². The molecule has 98 valence electrons. The number of hydrazine groups is 1. The molecule has 0 spiro atoms. The predicted molar refractivity (Wildman–Crippen MR) is 67.7 cm³/mol. The predicted octanol–water partition coefficient (Wildman–Crippen LogP) is 1.38. The topological polar surface area (TPSA) is 50.7 Å². The first-order chi connectivity index (χ1) is 8.18. The molecule has 1 unspecified atom stereocenters. The van der Waals surface area contributed by atoms with Gasteiger partial charge in [-0.2, -0.15) is 4.59 Å². The minimum atomic E-state index is -1.65. The zero-order chi connectivity index (χ0) is 12.1. The summed E-state index contributed by atoms with van der Waals surface area (Å²) < 4.78 is 0.621. The first kappa shape index (κ1) is 13.4. The molecule has 0 amide bonds. The molecule has 0 saturated carbocycles. The molecular weight excluding hydrogens is 235 g/mol. The van der Waals surface area contributed by atoms with E-state index in [0.29, 0.717) is 4.59 Å². The second-order valence-electron chi connectivity index (χ2n) is 5.36. The van der Waals surface area contributed by atoms with E-state index in [1.165, 1.54) is 38.5 Å². The molecule has 5 nitrogen and oxygen atoms in total. The zero-order valence-electron chi connectivity index (χ0n) is 10.8. The molecule has 1 atom stereocenters. The van der Waals surface area contributed by atoms with Crippen LogP contribution in [-0.4, -0.2) is 42.8 Å². The second kappa shape index (κ2) is 6.21. The van der Waals surface area contributed by atoms with Crippen LogP contribution >= 0.6 is 8.09 Å². The molecule has 2 saturated heterocycles. The monoisotopic (exact) mass is 259 g/mol. The van der Waals surface area contributed by atoms with Crippen LogP contribution in [0, 0.1) is 0 Å². The van der Waals surface area contributed by atoms with Crippen molar-refractivity contribution in [3.05, 3.63) is 0 Å². The quantitative estimate of drug-likeness (QED) is 0.615. The molecule has 0 bridgehead atoms. The highest BCUT2D eigenvalue weighted by molar-refractivity contribution is 7.36. The summed E-state index contributed by atoms with van der Waals surface area (Å²) in [6, 6.07) is 0. The average Bonchev–Trinajstić information content (AvgIpc) is 2.30. The van der Waals surface area contributed by atoms with Crippen molar-refractivity contribution in [3.8, 4) is 0 Å². The van der Waals surface area contributed by atoms with Gasteiger partial charge in [0.1, 0.15) is 17.9 Å². The normalized spacial score (nSPS) is 27.1. The highest BCUT2D eigenvalue weighted by Gasteiger charge is 2.29. The van der Waals surface area contributed by atoms with Crippen molar-refractivity contribution in [1.82, 2.24) is 10.2 Å². The molecular formula is C11H24N4OP+. The van der Waals surface area contributed by atoms with Gasteiger partial charge in [0, 0.05) is 13.1 Å². The number of rotatable bonds is 3. The Morgan fingerprint density at radius 2 is 1.65 bits per heavy atom. The van der Waals surface area contributed by atoms with Gasteiger partial charge in [-0.1, -0.05) is 11.6 Å². The minimum absolute atomic E-state index is 0.621. The molecule has 2 heterocycles. The van der Waals surface area contributed by atoms with Gasteiger partial charge < -0.3 is 4.89 Å². The summed E-state index contributed by atoms with van der Waals surface area (Å²) in [5.74, 6) is 0. The minimum Gasteiger partial charge on any atom is -0.590 e. The van der Waals surface area contributed by atoms with Crippen LogP contribution in [0.3, 0.4) is 0 Å². The standard InChI is InChI=1S/C11H24N4OP/c1-15(10-6-3-7-11-15)13-17(16)12-14-8-4-2-5-9-14/h2-11H2,1H3,(H,12,13)/q+1. The first-order valence-electron chi connectivity index (χ1n) is 6.74. The molecule has 0 aliphatic carbocycles. The maximum atomic E-state index is 12.0. The van der Waals surface area contributed by atoms with Crippen LogP contribution in [0.25, 0.3) is 0 Å². The van der Waals surface area contributed by atoms with E-state index < -0.39 is 8.09 Å². The van der Waals surface area contributed by atoms with E-state index in [1.807, 2.05) is 0 Å². The number of quaternary nitrogens is 1. The molecule has 2 rings (SSSR count). The second-order valence-corrected chi connectivity index (χ2v) is 6.28. The Hall–Kier alpha value is -0.0600. The van der Waals surface area contributed by atoms with Gasteiger partial charge in [-0.05, 0) is 32.1 Å². The van der Waals surface area contributed by atoms with Gasteiger partial charge in [0.05, 0.1) is 7.05 Å². The molecule has 2 aliphatic heterocycles. The van der Waals surface area contributed by atoms with Crippen LogP contribution in [0.5, 0.6) is 0 Å². The lowest BCUT2D eigenvalue weighted by Gasteiger charge is -2.29. The molecule has 0 radical (unpaired) electrons. The maximum absolute atomic E-state index is 12.0. The number of hydrogen-bond acceptors (Lipinski definition) is 3. The van der Waals surface area contributed by atoms with Gasteiger partial charge in [0.15, 0.2) is 0 Å². The molecule has 2 fully saturated rings. The number of piperidine rings is 2. The summed E-state index contributed by atoms with van der Waals surface area (Å²) >= 11 is 0. The fourth-order valence-electron chi connectivity index (χ4n) is 2.61. The van der Waals surface area contributed by atoms with E-state index in [4.69, 9.17) is 0 Å². The summed E-state index contributed by atoms with van der Waals surface area (Å²) in [5.41, 5.74) is 0. The Morgan fingerprint density at radius 1 is 1.06 bits per heavy atom. The van der Waals surface area contributed by atoms with E-state index >= 15 is 0 Å². The van der Waals surface area contributed by atoms with Crippen molar-refractivity contribution < 1.29 is 9.49 Å². The molecule has 2 aliphatic rings. The van der Waals surface area contributed by atoms with Gasteiger partial charge in [0.25, 0.3) is 0 Å². The Labute approximate surface area is 105 Å². The lowest BCUT2D eigenvalue weighted by Crippen LogP contribution is -2.44. The highest BCUT2D eigenvalue weighted by atomic mass is 31.1. The number of nitrogens with zero attached hydrogens (tertiary/aromatic N) is 3. The number of hydrogen-bond donors (Lipinski definition) is 1. The van der Waals surface area contributed by atoms with Gasteiger partial charge in [-0.25, -0.2) is 5.01 Å². The molecule has 0 aromatic heterocycles. The maximum Gasteiger partial charge on any atom is 0.344 e. The van der Waals surface area contributed by atoms with Crippen molar-refractivity contribution in [2.24, 2.45) is 4.85 Å². The number of nitrogens with one attached hydrogen (secondary N) is 1. The lowest BCUT2D eigenvalue weighted by molar-refractivity contribution is -0.919. The largest absolute Gasteiger partial charge is 0.590 e. The third-order valence-electron chi connectivity index (χ3n) is 3.66. The summed E-state index contributed by atoms with van der Waals surface area (Å²) in [6.07, 6.45) is 7.38. The molecule has 17 heavy (non-hydrogen) atoms. The fourth-order valence-corrected chi connectivity index (χ4v) is 3.67. The molecule has 0 aromatic rings. The molecule has 1 N–H and O–H groups in total. The summed E-state index contributed by atoms with van der Waals surface area (Å²) in [5, 5.41) is 5.12. The van der Waals surface area contributed by atoms with Crippen LogP contribution < -0.4 is 10.1 Å². The van der Waals surface area contributed by atoms with E-state index in [-0.39, 0.29) is 0 Å². The van der Waals surface area contributed by atoms with Crippen molar-refractivity contribution in [2.75, 3.05) is 33.2 Å². The van der Waals surface area contributed by atoms with Gasteiger partial charge in [0.2, 0.25) is 0 Å². The lowest BCUT2D eigenvalue weighted by atomic mass is 10.1. The van der Waals surface area contributed by atoms with Gasteiger partial charge in [-0.15, -0.1) is 0 Å². The van der Waals surface area contributed by atoms with Crippen molar-refractivity contribution in [2.45, 2.75) is 38.5 Å². The third-order valence-corrected chi connectivity index (χ3v) is 4.71. The average molecular weight is 259 g/mol. The zero-order valence-corrected chi connectivity index (χ0v) is 11.7. The van der Waals surface area contributed by atoms with Gasteiger partial charge >= 0.3 is 8.09 Å². The Morgan fingerprint density at radius 3 is 2.29 bits per heavy atom. The first-order valence-corrected chi connectivity index (χ1v) is 7.95. The summed E-state index contributed by atoms with van der Waals surface area (Å²) in [4.78, 5) is 16.5. The van der Waals surface area contributed by atoms with E-state index in [2.05, 4.69) is 22.1 Å². The van der Waals surface area contributed by atoms with Crippen LogP contribution in [-0.2, 0) is 0 Å². The smallest absolute Gasteiger partial charge is 0.344 e. The third kappa shape index (κ3) is 4.27. The van der Waals surface area contributed by atoms with Crippen molar-refractivity contribution >= 4 is 8.09 Å². The van der Waals surface area contributed by atoms with Crippen LogP contribution in [0.1, 0.15) is 38.5 Å². The summed E-state index contributed by atoms with van der Waals surface area (Å²) in [7, 11) is 0.436. The van der Waals surface area contributed by atoms with Crippen LogP contribution in [0.4, 0.5) is 0 Å². The Bertz CT molecular complexity index is 273. The van der Waals surface area contributed by atoms with Crippen molar-refractivity contribution in [3.63, 3.8) is 0 Å². The molecule has 0 aromatic carbocycles. The number of likely N-dealkylation sites (tertiary alicyclic amines) is 1. The van der Waals surface area contributed by atoms with E-state index in [9.17, 15) is 4.89 Å². The van der Waals surface area contributed by atoms with Crippen LogP contribution in [0.15, 0.2) is 4.85 Å². The van der Waals surface area contributed by atoms with Crippen molar-refractivity contribution in [1.29, 1.82) is 0 Å². The van der Waals surface area contributed by atoms with Gasteiger partial charge in [-0.3, -0.25) is 0 Å². The summed E-state index contributed by atoms with van der Waals surface area (Å²) in [6.45, 7) is 4.06. The fraction of sp³-hybridized carbons (Fsp3) is 1.00. The Balaban J connectivity index is 1.86. The van der Waals surface area contributed by atoms with E-state index in [0.717, 1.165) is 26.2 Å². The highest BCUT2D eigenvalue weighted by Crippen LogP contribution is 2.23. The Kier molecular flexibility index (Phi) is 4.88. The molecule has 6 heteroatoms. The van der Waals surface area contributed by atoms with Crippen LogP contribution in [0.2, 0.25) is 0 Å².